The average Bonchev–Trinajstić information content (AvgIpc) is 1.89. The van der Waals surface area contributed by atoms with Gasteiger partial charge in [-0.2, -0.15) is 0 Å². The molecule has 10 heavy (non-hydrogen) atoms. The topological polar surface area (TPSA) is 24.1 Å². The lowest BCUT2D eigenvalue weighted by Gasteiger charge is -2.24. The van der Waals surface area contributed by atoms with E-state index in [2.05, 4.69) is 38.5 Å². The summed E-state index contributed by atoms with van der Waals surface area (Å²) in [5.74, 6) is 0. The molecule has 0 aliphatic rings. The molecule has 0 aromatic carbocycles. The molecular weight excluding hydrogens is 124 g/mol. The van der Waals surface area contributed by atoms with Crippen LogP contribution in [-0.2, 0) is 0 Å². The lowest BCUT2D eigenvalue weighted by Crippen LogP contribution is -2.47. The molecule has 0 aromatic heterocycles. The highest BCUT2D eigenvalue weighted by Crippen LogP contribution is 2.04. The molecule has 0 atom stereocenters. The van der Waals surface area contributed by atoms with Crippen LogP contribution in [0.15, 0.2) is 0 Å². The molecule has 0 amide bonds. The molecule has 2 N–H and O–H groups in total. The third-order valence-electron chi connectivity index (χ3n) is 1.69. The van der Waals surface area contributed by atoms with Gasteiger partial charge in [-0.15, -0.1) is 0 Å². The van der Waals surface area contributed by atoms with Crippen molar-refractivity contribution in [1.29, 1.82) is 0 Å². The summed E-state index contributed by atoms with van der Waals surface area (Å²) >= 11 is 0. The Labute approximate surface area is 64.4 Å². The van der Waals surface area contributed by atoms with Crippen molar-refractivity contribution in [2.75, 3.05) is 6.54 Å². The third-order valence-corrected chi connectivity index (χ3v) is 1.69. The van der Waals surface area contributed by atoms with Crippen LogP contribution in [0.5, 0.6) is 0 Å². The first kappa shape index (κ1) is 9.92. The van der Waals surface area contributed by atoms with E-state index in [1.54, 1.807) is 0 Å². The molecule has 0 unspecified atom stereocenters. The van der Waals surface area contributed by atoms with Crippen molar-refractivity contribution >= 4 is 0 Å². The van der Waals surface area contributed by atoms with Gasteiger partial charge in [0.25, 0.3) is 0 Å². The van der Waals surface area contributed by atoms with Crippen LogP contribution in [0, 0.1) is 0 Å². The van der Waals surface area contributed by atoms with Crippen molar-refractivity contribution in [3.63, 3.8) is 0 Å². The smallest absolute Gasteiger partial charge is 0.0264 e. The van der Waals surface area contributed by atoms with E-state index in [1.165, 1.54) is 6.42 Å². The molecule has 0 aromatic rings. The minimum Gasteiger partial charge on any atom is -0.257 e. The van der Waals surface area contributed by atoms with Gasteiger partial charge in [-0.05, 0) is 26.7 Å². The van der Waals surface area contributed by atoms with Gasteiger partial charge in [0.15, 0.2) is 0 Å². The Morgan fingerprint density at radius 2 is 1.80 bits per heavy atom. The third kappa shape index (κ3) is 4.77. The fourth-order valence-electron chi connectivity index (χ4n) is 0.515. The first-order valence-electron chi connectivity index (χ1n) is 4.12. The van der Waals surface area contributed by atoms with Crippen molar-refractivity contribution < 1.29 is 0 Å². The summed E-state index contributed by atoms with van der Waals surface area (Å²) in [6.07, 6.45) is 2.32. The predicted octanol–water partition coefficient (Wildman–Crippen LogP) is 1.68. The molecule has 0 saturated carbocycles. The van der Waals surface area contributed by atoms with Gasteiger partial charge in [0.05, 0.1) is 0 Å². The molecule has 0 heterocycles. The summed E-state index contributed by atoms with van der Waals surface area (Å²) in [6.45, 7) is 9.77. The van der Waals surface area contributed by atoms with Crippen LogP contribution in [0.4, 0.5) is 0 Å². The van der Waals surface area contributed by atoms with Crippen LogP contribution in [0.3, 0.4) is 0 Å². The van der Waals surface area contributed by atoms with Crippen LogP contribution in [0.25, 0.3) is 0 Å². The zero-order valence-corrected chi connectivity index (χ0v) is 7.62. The van der Waals surface area contributed by atoms with Crippen LogP contribution in [-0.4, -0.2) is 12.1 Å². The largest absolute Gasteiger partial charge is 0.257 e. The Morgan fingerprint density at radius 1 is 1.20 bits per heavy atom. The minimum atomic E-state index is 0.231. The van der Waals surface area contributed by atoms with Gasteiger partial charge < -0.3 is 0 Å². The van der Waals surface area contributed by atoms with Gasteiger partial charge in [-0.25, -0.2) is 0 Å². The summed E-state index contributed by atoms with van der Waals surface area (Å²) < 4.78 is 0. The Bertz CT molecular complexity index is 79.3. The van der Waals surface area contributed by atoms with Gasteiger partial charge in [-0.3, -0.25) is 10.9 Å². The fraction of sp³-hybridized carbons (Fsp3) is 1.00. The first-order chi connectivity index (χ1) is 4.62. The minimum absolute atomic E-state index is 0.231. The SMILES string of the molecule is CCCNNC(C)(C)CC. The van der Waals surface area contributed by atoms with Crippen LogP contribution < -0.4 is 10.9 Å². The predicted molar refractivity (Wildman–Crippen MR) is 45.8 cm³/mol. The van der Waals surface area contributed by atoms with E-state index in [1.807, 2.05) is 0 Å². The van der Waals surface area contributed by atoms with Gasteiger partial charge in [0.2, 0.25) is 0 Å². The highest BCUT2D eigenvalue weighted by atomic mass is 15.4. The number of nitrogens with one attached hydrogen (secondary N) is 2. The quantitative estimate of drug-likeness (QED) is 0.453. The van der Waals surface area contributed by atoms with Crippen LogP contribution >= 0.6 is 0 Å². The number of hydrogen-bond donors (Lipinski definition) is 2. The van der Waals surface area contributed by atoms with Crippen LogP contribution in [0.2, 0.25) is 0 Å². The van der Waals surface area contributed by atoms with Gasteiger partial charge in [-0.1, -0.05) is 13.8 Å². The molecule has 0 bridgehead atoms. The highest BCUT2D eigenvalue weighted by molar-refractivity contribution is 4.71. The average molecular weight is 144 g/mol. The maximum atomic E-state index is 3.26. The molecule has 0 saturated heterocycles. The zero-order valence-electron chi connectivity index (χ0n) is 7.62. The normalized spacial score (nSPS) is 12.0. The molecule has 0 rings (SSSR count). The summed E-state index contributed by atoms with van der Waals surface area (Å²) in [5.41, 5.74) is 6.67. The fourth-order valence-corrected chi connectivity index (χ4v) is 0.515. The monoisotopic (exact) mass is 144 g/mol. The van der Waals surface area contributed by atoms with Gasteiger partial charge in [0.1, 0.15) is 0 Å². The summed E-state index contributed by atoms with van der Waals surface area (Å²) in [5, 5.41) is 0. The molecule has 0 spiro atoms. The van der Waals surface area contributed by atoms with Crippen molar-refractivity contribution in [2.45, 2.75) is 46.1 Å². The Balaban J connectivity index is 3.28. The molecule has 2 nitrogen and oxygen atoms in total. The Hall–Kier alpha value is -0.0800. The maximum absolute atomic E-state index is 3.26. The molecule has 2 heteroatoms. The van der Waals surface area contributed by atoms with E-state index >= 15 is 0 Å². The maximum Gasteiger partial charge on any atom is 0.0264 e. The standard InChI is InChI=1S/C8H20N2/c1-5-7-9-10-8(3,4)6-2/h9-10H,5-7H2,1-4H3. The lowest BCUT2D eigenvalue weighted by atomic mass is 10.0. The van der Waals surface area contributed by atoms with Crippen molar-refractivity contribution in [1.82, 2.24) is 10.9 Å². The van der Waals surface area contributed by atoms with E-state index in [9.17, 15) is 0 Å². The van der Waals surface area contributed by atoms with E-state index in [4.69, 9.17) is 0 Å². The number of hydrazine groups is 1. The molecule has 0 fully saturated rings. The molecule has 0 aliphatic heterocycles. The van der Waals surface area contributed by atoms with E-state index < -0.39 is 0 Å². The van der Waals surface area contributed by atoms with Crippen LogP contribution in [0.1, 0.15) is 40.5 Å². The summed E-state index contributed by atoms with van der Waals surface area (Å²) in [7, 11) is 0. The summed E-state index contributed by atoms with van der Waals surface area (Å²) in [4.78, 5) is 0. The Kier molecular flexibility index (Phi) is 4.65. The second-order valence-electron chi connectivity index (χ2n) is 3.29. The summed E-state index contributed by atoms with van der Waals surface area (Å²) in [6, 6.07) is 0. The second-order valence-corrected chi connectivity index (χ2v) is 3.29. The van der Waals surface area contributed by atoms with E-state index in [0.717, 1.165) is 13.0 Å². The zero-order chi connectivity index (χ0) is 8.04. The van der Waals surface area contributed by atoms with Gasteiger partial charge >= 0.3 is 0 Å². The van der Waals surface area contributed by atoms with E-state index in [-0.39, 0.29) is 5.54 Å². The first-order valence-corrected chi connectivity index (χ1v) is 4.12. The van der Waals surface area contributed by atoms with E-state index in [0.29, 0.717) is 0 Å². The molecular formula is C8H20N2. The van der Waals surface area contributed by atoms with Crippen molar-refractivity contribution in [3.05, 3.63) is 0 Å². The Morgan fingerprint density at radius 3 is 2.20 bits per heavy atom. The highest BCUT2D eigenvalue weighted by Gasteiger charge is 2.11. The van der Waals surface area contributed by atoms with Crippen molar-refractivity contribution in [2.24, 2.45) is 0 Å². The number of hydrogen-bond acceptors (Lipinski definition) is 2. The van der Waals surface area contributed by atoms with Gasteiger partial charge in [0, 0.05) is 12.1 Å². The van der Waals surface area contributed by atoms with Crippen molar-refractivity contribution in [3.8, 4) is 0 Å². The molecule has 0 radical (unpaired) electrons. The molecule has 0 aliphatic carbocycles. The second kappa shape index (κ2) is 4.69. The number of rotatable bonds is 5. The molecule has 62 valence electrons. The lowest BCUT2D eigenvalue weighted by molar-refractivity contribution is 0.321.